The summed E-state index contributed by atoms with van der Waals surface area (Å²) in [7, 11) is 0. The standard InChI is InChI=1S/C15H16ClN3O4/c16-15-13(19(20)21)5-10(7-17)6-14(15)23-12-1-3-18(4-2-12)11-8-22-9-11/h5-6,11-12H,1-4,8-9H2. The minimum absolute atomic E-state index is 0.0520. The summed E-state index contributed by atoms with van der Waals surface area (Å²) in [5.74, 6) is 0.211. The van der Waals surface area contributed by atoms with Gasteiger partial charge < -0.3 is 9.47 Å². The molecule has 23 heavy (non-hydrogen) atoms. The first-order chi connectivity index (χ1) is 11.1. The molecular weight excluding hydrogens is 322 g/mol. The van der Waals surface area contributed by atoms with Crippen molar-refractivity contribution in [2.45, 2.75) is 25.0 Å². The Kier molecular flexibility index (Phi) is 4.66. The van der Waals surface area contributed by atoms with Crippen molar-refractivity contribution in [1.82, 2.24) is 4.90 Å². The van der Waals surface area contributed by atoms with Crippen LogP contribution in [0.3, 0.4) is 0 Å². The van der Waals surface area contributed by atoms with Crippen molar-refractivity contribution in [1.29, 1.82) is 5.26 Å². The molecule has 0 unspecified atom stereocenters. The monoisotopic (exact) mass is 337 g/mol. The number of rotatable bonds is 4. The molecule has 1 aromatic carbocycles. The molecule has 2 heterocycles. The summed E-state index contributed by atoms with van der Waals surface area (Å²) in [6, 6.07) is 5.02. The van der Waals surface area contributed by atoms with Crippen molar-refractivity contribution in [3.8, 4) is 11.8 Å². The zero-order valence-electron chi connectivity index (χ0n) is 12.4. The van der Waals surface area contributed by atoms with Gasteiger partial charge in [0.05, 0.1) is 35.8 Å². The normalized spacial score (nSPS) is 19.8. The Morgan fingerprint density at radius 1 is 1.39 bits per heavy atom. The fraction of sp³-hybridized carbons (Fsp3) is 0.533. The van der Waals surface area contributed by atoms with Gasteiger partial charge in [-0.2, -0.15) is 5.26 Å². The van der Waals surface area contributed by atoms with Gasteiger partial charge in [0.25, 0.3) is 5.69 Å². The molecule has 3 rings (SSSR count). The highest BCUT2D eigenvalue weighted by atomic mass is 35.5. The van der Waals surface area contributed by atoms with Gasteiger partial charge >= 0.3 is 0 Å². The summed E-state index contributed by atoms with van der Waals surface area (Å²) >= 11 is 6.06. The largest absolute Gasteiger partial charge is 0.488 e. The van der Waals surface area contributed by atoms with Crippen molar-refractivity contribution in [2.24, 2.45) is 0 Å². The molecule has 0 N–H and O–H groups in total. The first kappa shape index (κ1) is 16.0. The van der Waals surface area contributed by atoms with E-state index in [4.69, 9.17) is 26.3 Å². The molecule has 0 aromatic heterocycles. The van der Waals surface area contributed by atoms with Gasteiger partial charge in [-0.25, -0.2) is 0 Å². The van der Waals surface area contributed by atoms with E-state index in [1.54, 1.807) is 0 Å². The van der Waals surface area contributed by atoms with Crippen LogP contribution in [0, 0.1) is 21.4 Å². The van der Waals surface area contributed by atoms with E-state index in [0.717, 1.165) is 45.2 Å². The van der Waals surface area contributed by atoms with Gasteiger partial charge in [-0.05, 0) is 18.9 Å². The molecule has 0 atom stereocenters. The smallest absolute Gasteiger partial charge is 0.293 e. The van der Waals surface area contributed by atoms with Crippen molar-refractivity contribution in [3.63, 3.8) is 0 Å². The zero-order chi connectivity index (χ0) is 16.4. The van der Waals surface area contributed by atoms with Crippen LogP contribution < -0.4 is 4.74 Å². The van der Waals surface area contributed by atoms with Crippen LogP contribution in [0.5, 0.6) is 5.75 Å². The van der Waals surface area contributed by atoms with E-state index in [0.29, 0.717) is 6.04 Å². The summed E-state index contributed by atoms with van der Waals surface area (Å²) in [6.45, 7) is 3.37. The first-order valence-electron chi connectivity index (χ1n) is 7.45. The Morgan fingerprint density at radius 3 is 2.61 bits per heavy atom. The minimum atomic E-state index is -0.602. The first-order valence-corrected chi connectivity index (χ1v) is 7.82. The van der Waals surface area contributed by atoms with Gasteiger partial charge in [-0.1, -0.05) is 11.6 Å². The molecular formula is C15H16ClN3O4. The number of hydrogen-bond acceptors (Lipinski definition) is 6. The molecule has 8 heteroatoms. The topological polar surface area (TPSA) is 88.6 Å². The Morgan fingerprint density at radius 2 is 2.09 bits per heavy atom. The summed E-state index contributed by atoms with van der Waals surface area (Å²) in [4.78, 5) is 12.8. The third kappa shape index (κ3) is 3.39. The molecule has 7 nitrogen and oxygen atoms in total. The lowest BCUT2D eigenvalue weighted by Crippen LogP contribution is -2.52. The third-order valence-electron chi connectivity index (χ3n) is 4.25. The quantitative estimate of drug-likeness (QED) is 0.619. The van der Waals surface area contributed by atoms with Crippen LogP contribution in [0.1, 0.15) is 18.4 Å². The van der Waals surface area contributed by atoms with Gasteiger partial charge in [-0.15, -0.1) is 0 Å². The van der Waals surface area contributed by atoms with Gasteiger partial charge in [0.2, 0.25) is 0 Å². The van der Waals surface area contributed by atoms with E-state index in [-0.39, 0.29) is 28.1 Å². The SMILES string of the molecule is N#Cc1cc(OC2CCN(C3COC3)CC2)c(Cl)c([N+](=O)[O-])c1. The average Bonchev–Trinajstić information content (AvgIpc) is 2.49. The van der Waals surface area contributed by atoms with Crippen LogP contribution in [0.2, 0.25) is 5.02 Å². The molecule has 0 aliphatic carbocycles. The maximum atomic E-state index is 11.0. The maximum Gasteiger partial charge on any atom is 0.293 e. The van der Waals surface area contributed by atoms with E-state index in [9.17, 15) is 10.1 Å². The molecule has 2 aliphatic heterocycles. The number of halogens is 1. The molecule has 0 amide bonds. The molecule has 0 spiro atoms. The van der Waals surface area contributed by atoms with Gasteiger partial charge in [0.15, 0.2) is 5.02 Å². The summed E-state index contributed by atoms with van der Waals surface area (Å²) < 4.78 is 11.1. The highest BCUT2D eigenvalue weighted by Crippen LogP contribution is 2.36. The highest BCUT2D eigenvalue weighted by Gasteiger charge is 2.31. The lowest BCUT2D eigenvalue weighted by atomic mass is 10.0. The van der Waals surface area contributed by atoms with Crippen molar-refractivity contribution < 1.29 is 14.4 Å². The molecule has 0 radical (unpaired) electrons. The average molecular weight is 338 g/mol. The van der Waals surface area contributed by atoms with Gasteiger partial charge in [0, 0.05) is 19.2 Å². The van der Waals surface area contributed by atoms with Crippen LogP contribution in [0.4, 0.5) is 5.69 Å². The Hall–Kier alpha value is -1.88. The summed E-state index contributed by atoms with van der Waals surface area (Å²) in [5, 5.41) is 20.0. The van der Waals surface area contributed by atoms with Crippen molar-refractivity contribution in [2.75, 3.05) is 26.3 Å². The summed E-state index contributed by atoms with van der Waals surface area (Å²) in [5.41, 5.74) is -0.134. The number of nitrogens with zero attached hydrogens (tertiary/aromatic N) is 3. The van der Waals surface area contributed by atoms with Crippen LogP contribution in [-0.2, 0) is 4.74 Å². The Bertz CT molecular complexity index is 649. The fourth-order valence-electron chi connectivity index (χ4n) is 2.84. The van der Waals surface area contributed by atoms with Gasteiger partial charge in [0.1, 0.15) is 11.9 Å². The predicted molar refractivity (Wildman–Crippen MR) is 82.7 cm³/mol. The van der Waals surface area contributed by atoms with E-state index in [1.165, 1.54) is 6.07 Å². The fourth-order valence-corrected chi connectivity index (χ4v) is 3.06. The number of nitro benzene ring substituents is 1. The molecule has 2 aliphatic rings. The molecule has 0 bridgehead atoms. The van der Waals surface area contributed by atoms with E-state index in [1.807, 2.05) is 6.07 Å². The van der Waals surface area contributed by atoms with Crippen LogP contribution in [-0.4, -0.2) is 48.3 Å². The molecule has 122 valence electrons. The number of piperidine rings is 1. The number of nitriles is 1. The maximum absolute atomic E-state index is 11.0. The van der Waals surface area contributed by atoms with Crippen molar-refractivity contribution >= 4 is 17.3 Å². The van der Waals surface area contributed by atoms with Crippen molar-refractivity contribution in [3.05, 3.63) is 32.8 Å². The van der Waals surface area contributed by atoms with E-state index >= 15 is 0 Å². The lowest BCUT2D eigenvalue weighted by Gasteiger charge is -2.41. The Balaban J connectivity index is 1.69. The third-order valence-corrected chi connectivity index (χ3v) is 4.63. The highest BCUT2D eigenvalue weighted by molar-refractivity contribution is 6.34. The van der Waals surface area contributed by atoms with E-state index in [2.05, 4.69) is 4.90 Å². The Labute approximate surface area is 138 Å². The van der Waals surface area contributed by atoms with Crippen LogP contribution in [0.15, 0.2) is 12.1 Å². The molecule has 0 saturated carbocycles. The molecule has 2 saturated heterocycles. The lowest BCUT2D eigenvalue weighted by molar-refractivity contribution is -0.384. The van der Waals surface area contributed by atoms with Crippen LogP contribution >= 0.6 is 11.6 Å². The zero-order valence-corrected chi connectivity index (χ0v) is 13.2. The number of ether oxygens (including phenoxy) is 2. The van der Waals surface area contributed by atoms with Gasteiger partial charge in [-0.3, -0.25) is 15.0 Å². The number of benzene rings is 1. The molecule has 1 aromatic rings. The summed E-state index contributed by atoms with van der Waals surface area (Å²) in [6.07, 6.45) is 1.58. The molecule has 2 fully saturated rings. The second-order valence-corrected chi connectivity index (χ2v) is 6.10. The number of nitro groups is 1. The second-order valence-electron chi connectivity index (χ2n) is 5.72. The predicted octanol–water partition coefficient (Wildman–Crippen LogP) is 2.36. The van der Waals surface area contributed by atoms with Crippen LogP contribution in [0.25, 0.3) is 0 Å². The second kappa shape index (κ2) is 6.71. The minimum Gasteiger partial charge on any atom is -0.488 e. The van der Waals surface area contributed by atoms with E-state index < -0.39 is 4.92 Å². The number of hydrogen-bond donors (Lipinski definition) is 0. The number of likely N-dealkylation sites (tertiary alicyclic amines) is 1.